The van der Waals surface area contributed by atoms with Gasteiger partial charge < -0.3 is 13.9 Å². The van der Waals surface area contributed by atoms with E-state index in [0.29, 0.717) is 17.9 Å². The molecule has 2 aliphatic rings. The van der Waals surface area contributed by atoms with Gasteiger partial charge in [0.2, 0.25) is 0 Å². The maximum Gasteiger partial charge on any atom is 0.104 e. The van der Waals surface area contributed by atoms with E-state index in [4.69, 9.17) is 13.9 Å². The highest BCUT2D eigenvalue weighted by Gasteiger charge is 2.42. The second-order valence-corrected chi connectivity index (χ2v) is 11.5. The number of hydrogen-bond acceptors (Lipinski definition) is 3. The number of halogens is 1. The molecule has 1 atom stereocenters. The number of methoxy groups -OCH3 is 1. The van der Waals surface area contributed by atoms with Gasteiger partial charge in [-0.15, -0.1) is 0 Å². The number of alkyl halides is 1. The van der Waals surface area contributed by atoms with E-state index in [2.05, 4.69) is 55.4 Å². The molecule has 1 saturated carbocycles. The van der Waals surface area contributed by atoms with E-state index in [1.165, 1.54) is 19.3 Å². The van der Waals surface area contributed by atoms with Gasteiger partial charge in [-0.25, -0.2) is 0 Å². The van der Waals surface area contributed by atoms with E-state index >= 15 is 0 Å². The van der Waals surface area contributed by atoms with Crippen LogP contribution in [-0.2, 0) is 15.9 Å². The summed E-state index contributed by atoms with van der Waals surface area (Å²) in [6.07, 6.45) is 10.4. The molecule has 0 radical (unpaired) electrons. The maximum absolute atomic E-state index is 12.2. The Morgan fingerprint density at radius 1 is 1.00 bits per heavy atom. The van der Waals surface area contributed by atoms with Gasteiger partial charge in [-0.05, 0) is 79.7 Å². The Morgan fingerprint density at radius 3 is 1.85 bits per heavy atom. The summed E-state index contributed by atoms with van der Waals surface area (Å²) in [6.45, 7) is 19.4. The van der Waals surface area contributed by atoms with Crippen molar-refractivity contribution < 1.29 is 18.3 Å². The minimum absolute atomic E-state index is 0.0921. The zero-order chi connectivity index (χ0) is 25.3. The minimum Gasteiger partial charge on any atom is -0.469 e. The lowest BCUT2D eigenvalue weighted by atomic mass is 9.96. The first-order valence-electron chi connectivity index (χ1n) is 13.2. The SMILES string of the molecule is CC(C)CC1(CF)CC1.CC(C)C[C@@H]1CCO1.CC(C)Cc1ccco1.COCCC(C)C. The molecule has 2 heterocycles. The van der Waals surface area contributed by atoms with Crippen molar-refractivity contribution in [2.45, 2.75) is 106 Å². The van der Waals surface area contributed by atoms with Gasteiger partial charge in [-0.1, -0.05) is 55.4 Å². The lowest BCUT2D eigenvalue weighted by Gasteiger charge is -2.27. The summed E-state index contributed by atoms with van der Waals surface area (Å²) >= 11 is 0. The van der Waals surface area contributed by atoms with E-state index in [1.807, 2.05) is 12.1 Å². The molecular formula is C29H55FO3. The van der Waals surface area contributed by atoms with Crippen LogP contribution in [0.2, 0.25) is 0 Å². The average Bonchev–Trinajstić information content (AvgIpc) is 3.27. The fourth-order valence-corrected chi connectivity index (χ4v) is 3.62. The Hall–Kier alpha value is -0.870. The highest BCUT2D eigenvalue weighted by atomic mass is 19.1. The number of hydrogen-bond donors (Lipinski definition) is 0. The molecule has 0 bridgehead atoms. The smallest absolute Gasteiger partial charge is 0.104 e. The quantitative estimate of drug-likeness (QED) is 0.342. The van der Waals surface area contributed by atoms with Crippen molar-refractivity contribution in [3.8, 4) is 0 Å². The van der Waals surface area contributed by atoms with Crippen LogP contribution in [0.25, 0.3) is 0 Å². The third-order valence-electron chi connectivity index (χ3n) is 5.70. The van der Waals surface area contributed by atoms with Gasteiger partial charge in [-0.3, -0.25) is 4.39 Å². The molecule has 3 rings (SSSR count). The second kappa shape index (κ2) is 18.5. The molecule has 1 saturated heterocycles. The van der Waals surface area contributed by atoms with Crippen LogP contribution >= 0.6 is 0 Å². The Bertz CT molecular complexity index is 529. The van der Waals surface area contributed by atoms with E-state index < -0.39 is 0 Å². The van der Waals surface area contributed by atoms with Crippen molar-refractivity contribution in [1.82, 2.24) is 0 Å². The van der Waals surface area contributed by atoms with Crippen LogP contribution in [0.4, 0.5) is 4.39 Å². The lowest BCUT2D eigenvalue weighted by Crippen LogP contribution is -2.27. The summed E-state index contributed by atoms with van der Waals surface area (Å²) < 4.78 is 27.4. The fraction of sp³-hybridized carbons (Fsp3) is 0.862. The monoisotopic (exact) mass is 470 g/mol. The first kappa shape index (κ1) is 32.1. The zero-order valence-electron chi connectivity index (χ0n) is 23.3. The molecule has 33 heavy (non-hydrogen) atoms. The van der Waals surface area contributed by atoms with Crippen LogP contribution in [0.5, 0.6) is 0 Å². The van der Waals surface area contributed by atoms with Gasteiger partial charge in [0, 0.05) is 26.7 Å². The third-order valence-corrected chi connectivity index (χ3v) is 5.70. The van der Waals surface area contributed by atoms with Gasteiger partial charge >= 0.3 is 0 Å². The van der Waals surface area contributed by atoms with Crippen LogP contribution in [0.15, 0.2) is 22.8 Å². The lowest BCUT2D eigenvalue weighted by molar-refractivity contribution is -0.0605. The Labute approximate surface area is 205 Å². The molecule has 0 amide bonds. The van der Waals surface area contributed by atoms with Crippen molar-refractivity contribution >= 4 is 0 Å². The first-order chi connectivity index (χ1) is 15.5. The third kappa shape index (κ3) is 19.2. The summed E-state index contributed by atoms with van der Waals surface area (Å²) in [5.74, 6) is 4.03. The van der Waals surface area contributed by atoms with E-state index in [0.717, 1.165) is 56.5 Å². The Morgan fingerprint density at radius 2 is 1.64 bits per heavy atom. The number of ether oxygens (including phenoxy) is 2. The predicted molar refractivity (Wildman–Crippen MR) is 139 cm³/mol. The molecule has 0 spiro atoms. The van der Waals surface area contributed by atoms with Gasteiger partial charge in [-0.2, -0.15) is 0 Å². The molecule has 1 aliphatic carbocycles. The molecule has 0 N–H and O–H groups in total. The van der Waals surface area contributed by atoms with Crippen LogP contribution < -0.4 is 0 Å². The highest BCUT2D eigenvalue weighted by Crippen LogP contribution is 2.50. The summed E-state index contributed by atoms with van der Waals surface area (Å²) in [5, 5.41) is 0. The highest BCUT2D eigenvalue weighted by molar-refractivity contribution is 4.98. The second-order valence-electron chi connectivity index (χ2n) is 11.5. The molecule has 4 heteroatoms. The maximum atomic E-state index is 12.2. The Balaban J connectivity index is 0.000000416. The Kier molecular flexibility index (Phi) is 18.0. The van der Waals surface area contributed by atoms with Crippen molar-refractivity contribution in [2.24, 2.45) is 29.1 Å². The summed E-state index contributed by atoms with van der Waals surface area (Å²) in [6, 6.07) is 3.94. The van der Waals surface area contributed by atoms with Crippen LogP contribution in [0, 0.1) is 29.1 Å². The molecule has 0 unspecified atom stereocenters. The average molecular weight is 471 g/mol. The van der Waals surface area contributed by atoms with Crippen LogP contribution in [0.1, 0.15) is 99.7 Å². The van der Waals surface area contributed by atoms with Crippen molar-refractivity contribution in [3.63, 3.8) is 0 Å². The first-order valence-corrected chi connectivity index (χ1v) is 13.2. The van der Waals surface area contributed by atoms with E-state index in [1.54, 1.807) is 13.4 Å². The molecule has 2 fully saturated rings. The van der Waals surface area contributed by atoms with Gasteiger partial charge in [0.05, 0.1) is 19.0 Å². The molecule has 1 aromatic rings. The van der Waals surface area contributed by atoms with Crippen LogP contribution in [-0.4, -0.2) is 33.1 Å². The number of rotatable bonds is 10. The molecular weight excluding hydrogens is 415 g/mol. The van der Waals surface area contributed by atoms with Gasteiger partial charge in [0.1, 0.15) is 5.76 Å². The van der Waals surface area contributed by atoms with Crippen molar-refractivity contribution in [3.05, 3.63) is 24.2 Å². The molecule has 0 aromatic carbocycles. The van der Waals surface area contributed by atoms with E-state index in [-0.39, 0.29) is 12.1 Å². The summed E-state index contributed by atoms with van der Waals surface area (Å²) in [7, 11) is 1.74. The summed E-state index contributed by atoms with van der Waals surface area (Å²) in [4.78, 5) is 0. The largest absolute Gasteiger partial charge is 0.469 e. The minimum atomic E-state index is -0.0921. The predicted octanol–water partition coefficient (Wildman–Crippen LogP) is 8.76. The van der Waals surface area contributed by atoms with Crippen LogP contribution in [0.3, 0.4) is 0 Å². The molecule has 1 aliphatic heterocycles. The topological polar surface area (TPSA) is 31.6 Å². The normalized spacial score (nSPS) is 18.1. The zero-order valence-corrected chi connectivity index (χ0v) is 23.3. The fourth-order valence-electron chi connectivity index (χ4n) is 3.62. The molecule has 3 nitrogen and oxygen atoms in total. The number of furan rings is 1. The molecule has 196 valence electrons. The van der Waals surface area contributed by atoms with Crippen molar-refractivity contribution in [1.29, 1.82) is 0 Å². The van der Waals surface area contributed by atoms with Gasteiger partial charge in [0.15, 0.2) is 0 Å². The van der Waals surface area contributed by atoms with Gasteiger partial charge in [0.25, 0.3) is 0 Å². The van der Waals surface area contributed by atoms with Crippen molar-refractivity contribution in [2.75, 3.05) is 27.0 Å². The molecule has 1 aromatic heterocycles. The van der Waals surface area contributed by atoms with E-state index in [9.17, 15) is 4.39 Å². The summed E-state index contributed by atoms with van der Waals surface area (Å²) in [5.41, 5.74) is 0.147. The standard InChI is InChI=1S/C8H15F.C8H12O.C7H14O.C6H14O/c1-7(2)5-8(6-9)3-4-8;1-7(2)6-8-4-3-5-9-8;1-6(2)5-7-3-4-8-7;1-6(2)4-5-7-3/h7H,3-6H2,1-2H3;3-5,7H,6H2,1-2H3;6-7H,3-5H2,1-2H3;6H,4-5H2,1-3H3/t;;7-;/m..0./s1.